The molecule has 0 fully saturated rings. The van der Waals surface area contributed by atoms with E-state index >= 15 is 0 Å². The zero-order valence-electron chi connectivity index (χ0n) is 12.6. The number of anilines is 1. The van der Waals surface area contributed by atoms with Gasteiger partial charge in [0, 0.05) is 23.2 Å². The number of nitrogen functional groups attached to an aromatic ring is 1. The number of unbranched alkanes of at least 4 members (excludes halogenated alkanes) is 1. The normalized spacial score (nSPS) is 11.0. The summed E-state index contributed by atoms with van der Waals surface area (Å²) in [7, 11) is 0. The Balaban J connectivity index is 1.97. The van der Waals surface area contributed by atoms with Crippen LogP contribution in [0.15, 0.2) is 18.2 Å². The highest BCUT2D eigenvalue weighted by Gasteiger charge is 2.16. The first-order valence-corrected chi connectivity index (χ1v) is 8.10. The van der Waals surface area contributed by atoms with E-state index in [0.717, 1.165) is 35.1 Å². The summed E-state index contributed by atoms with van der Waals surface area (Å²) in [5.74, 6) is -0.118. The van der Waals surface area contributed by atoms with Crippen molar-refractivity contribution in [3.05, 3.63) is 28.6 Å². The molecule has 3 N–H and O–H groups in total. The molecule has 0 unspecified atom stereocenters. The van der Waals surface area contributed by atoms with E-state index in [4.69, 9.17) is 10.5 Å². The lowest BCUT2D eigenvalue weighted by Crippen LogP contribution is -2.27. The number of amides is 1. The van der Waals surface area contributed by atoms with E-state index in [2.05, 4.69) is 12.2 Å². The second-order valence-electron chi connectivity index (χ2n) is 5.02. The molecule has 0 saturated carbocycles. The maximum atomic E-state index is 12.2. The second-order valence-corrected chi connectivity index (χ2v) is 6.04. The fraction of sp³-hybridized carbons (Fsp3) is 0.438. The predicted molar refractivity (Wildman–Crippen MR) is 89.0 cm³/mol. The summed E-state index contributed by atoms with van der Waals surface area (Å²) in [6, 6.07) is 5.95. The Morgan fingerprint density at radius 2 is 2.19 bits per heavy atom. The Labute approximate surface area is 129 Å². The lowest BCUT2D eigenvalue weighted by Gasteiger charge is -2.05. The molecule has 0 aliphatic heterocycles. The molecule has 0 saturated heterocycles. The van der Waals surface area contributed by atoms with E-state index in [-0.39, 0.29) is 5.91 Å². The molecule has 0 atom stereocenters. The third kappa shape index (κ3) is 3.74. The van der Waals surface area contributed by atoms with Gasteiger partial charge in [-0.2, -0.15) is 0 Å². The third-order valence-electron chi connectivity index (χ3n) is 3.33. The first-order valence-electron chi connectivity index (χ1n) is 7.28. The second kappa shape index (κ2) is 7.43. The van der Waals surface area contributed by atoms with Gasteiger partial charge in [0.1, 0.15) is 4.88 Å². The minimum atomic E-state index is -0.118. The predicted octanol–water partition coefficient (Wildman–Crippen LogP) is 3.34. The van der Waals surface area contributed by atoms with E-state index in [1.165, 1.54) is 11.3 Å². The fourth-order valence-corrected chi connectivity index (χ4v) is 3.22. The highest BCUT2D eigenvalue weighted by atomic mass is 32.1. The monoisotopic (exact) mass is 306 g/mol. The van der Waals surface area contributed by atoms with Crippen LogP contribution in [0.2, 0.25) is 0 Å². The molecule has 114 valence electrons. The van der Waals surface area contributed by atoms with Crippen LogP contribution in [0.1, 0.15) is 35.0 Å². The van der Waals surface area contributed by atoms with Gasteiger partial charge in [-0.25, -0.2) is 0 Å². The SMILES string of the molecule is CCCCOCCNC(=O)c1sc2c(C)cccc2c1N. The number of thiophene rings is 1. The number of fused-ring (bicyclic) bond motifs is 1. The minimum absolute atomic E-state index is 0.118. The molecule has 0 radical (unpaired) electrons. The maximum absolute atomic E-state index is 12.2. The van der Waals surface area contributed by atoms with Crippen LogP contribution >= 0.6 is 11.3 Å². The fourth-order valence-electron chi connectivity index (χ4n) is 2.11. The van der Waals surface area contributed by atoms with E-state index in [1.54, 1.807) is 0 Å². The third-order valence-corrected chi connectivity index (χ3v) is 4.69. The van der Waals surface area contributed by atoms with Gasteiger partial charge in [-0.1, -0.05) is 31.5 Å². The highest BCUT2D eigenvalue weighted by molar-refractivity contribution is 7.21. The molecule has 2 aromatic rings. The van der Waals surface area contributed by atoms with Gasteiger partial charge in [0.25, 0.3) is 5.91 Å². The molecule has 0 bridgehead atoms. The van der Waals surface area contributed by atoms with Crippen molar-refractivity contribution in [2.75, 3.05) is 25.5 Å². The number of carbonyl (C=O) groups is 1. The number of hydrogen-bond donors (Lipinski definition) is 2. The van der Waals surface area contributed by atoms with Crippen LogP contribution in [0, 0.1) is 6.92 Å². The van der Waals surface area contributed by atoms with Gasteiger partial charge in [0.15, 0.2) is 0 Å². The van der Waals surface area contributed by atoms with Gasteiger partial charge in [-0.15, -0.1) is 11.3 Å². The van der Waals surface area contributed by atoms with Crippen LogP contribution in [-0.2, 0) is 4.74 Å². The molecule has 21 heavy (non-hydrogen) atoms. The van der Waals surface area contributed by atoms with Crippen molar-refractivity contribution in [1.29, 1.82) is 0 Å². The van der Waals surface area contributed by atoms with Crippen LogP contribution in [0.4, 0.5) is 5.69 Å². The van der Waals surface area contributed by atoms with Crippen molar-refractivity contribution in [2.45, 2.75) is 26.7 Å². The number of aryl methyl sites for hydroxylation is 1. The molecule has 0 aliphatic rings. The molecule has 5 heteroatoms. The van der Waals surface area contributed by atoms with Gasteiger partial charge in [0.2, 0.25) is 0 Å². The summed E-state index contributed by atoms with van der Waals surface area (Å²) in [5.41, 5.74) is 7.81. The molecule has 0 spiro atoms. The van der Waals surface area contributed by atoms with Crippen LogP contribution in [0.25, 0.3) is 10.1 Å². The number of nitrogens with two attached hydrogens (primary N) is 1. The van der Waals surface area contributed by atoms with Crippen molar-refractivity contribution < 1.29 is 9.53 Å². The molecule has 1 aromatic heterocycles. The van der Waals surface area contributed by atoms with Crippen molar-refractivity contribution in [3.63, 3.8) is 0 Å². The van der Waals surface area contributed by atoms with Gasteiger partial charge in [-0.05, 0) is 18.9 Å². The standard InChI is InChI=1S/C16H22N2O2S/c1-3-4-9-20-10-8-18-16(19)15-13(17)12-7-5-6-11(2)14(12)21-15/h5-7H,3-4,8-10,17H2,1-2H3,(H,18,19). The molecule has 0 aliphatic carbocycles. The summed E-state index contributed by atoms with van der Waals surface area (Å²) >= 11 is 1.45. The van der Waals surface area contributed by atoms with Gasteiger partial charge < -0.3 is 15.8 Å². The van der Waals surface area contributed by atoms with Crippen molar-refractivity contribution in [3.8, 4) is 0 Å². The molecule has 2 rings (SSSR count). The smallest absolute Gasteiger partial charge is 0.263 e. The van der Waals surface area contributed by atoms with Crippen molar-refractivity contribution in [1.82, 2.24) is 5.32 Å². The van der Waals surface area contributed by atoms with E-state index in [1.807, 2.05) is 25.1 Å². The number of nitrogens with one attached hydrogen (secondary N) is 1. The number of carbonyl (C=O) groups excluding carboxylic acids is 1. The molecule has 1 aromatic carbocycles. The lowest BCUT2D eigenvalue weighted by molar-refractivity contribution is 0.0917. The maximum Gasteiger partial charge on any atom is 0.263 e. The Kier molecular flexibility index (Phi) is 5.59. The Morgan fingerprint density at radius 3 is 2.90 bits per heavy atom. The van der Waals surface area contributed by atoms with Gasteiger partial charge >= 0.3 is 0 Å². The highest BCUT2D eigenvalue weighted by Crippen LogP contribution is 2.35. The summed E-state index contributed by atoms with van der Waals surface area (Å²) in [6.07, 6.45) is 2.17. The molecular weight excluding hydrogens is 284 g/mol. The molecule has 1 heterocycles. The quantitative estimate of drug-likeness (QED) is 0.771. The average molecular weight is 306 g/mol. The van der Waals surface area contributed by atoms with E-state index in [0.29, 0.717) is 23.7 Å². The first-order chi connectivity index (χ1) is 10.1. The zero-order chi connectivity index (χ0) is 15.2. The van der Waals surface area contributed by atoms with Crippen molar-refractivity contribution >= 4 is 33.0 Å². The Bertz CT molecular complexity index is 622. The minimum Gasteiger partial charge on any atom is -0.397 e. The number of hydrogen-bond acceptors (Lipinski definition) is 4. The van der Waals surface area contributed by atoms with Crippen LogP contribution in [-0.4, -0.2) is 25.7 Å². The average Bonchev–Trinajstić information content (AvgIpc) is 2.82. The number of benzene rings is 1. The van der Waals surface area contributed by atoms with Crippen LogP contribution in [0.3, 0.4) is 0 Å². The topological polar surface area (TPSA) is 64.3 Å². The summed E-state index contributed by atoms with van der Waals surface area (Å²) in [5, 5.41) is 3.83. The summed E-state index contributed by atoms with van der Waals surface area (Å²) in [6.45, 7) is 5.94. The number of rotatable bonds is 7. The van der Waals surface area contributed by atoms with Crippen LogP contribution < -0.4 is 11.1 Å². The largest absolute Gasteiger partial charge is 0.397 e. The Hall–Kier alpha value is -1.59. The Morgan fingerprint density at radius 1 is 1.38 bits per heavy atom. The molecular formula is C16H22N2O2S. The number of ether oxygens (including phenoxy) is 1. The van der Waals surface area contributed by atoms with Gasteiger partial charge in [0.05, 0.1) is 12.3 Å². The van der Waals surface area contributed by atoms with E-state index in [9.17, 15) is 4.79 Å². The molecule has 1 amide bonds. The summed E-state index contributed by atoms with van der Waals surface area (Å²) in [4.78, 5) is 12.8. The van der Waals surface area contributed by atoms with Crippen LogP contribution in [0.5, 0.6) is 0 Å². The van der Waals surface area contributed by atoms with E-state index < -0.39 is 0 Å². The summed E-state index contributed by atoms with van der Waals surface area (Å²) < 4.78 is 6.51. The van der Waals surface area contributed by atoms with Gasteiger partial charge in [-0.3, -0.25) is 4.79 Å². The van der Waals surface area contributed by atoms with Crippen molar-refractivity contribution in [2.24, 2.45) is 0 Å². The lowest BCUT2D eigenvalue weighted by atomic mass is 10.1. The zero-order valence-corrected chi connectivity index (χ0v) is 13.4. The molecule has 4 nitrogen and oxygen atoms in total. The first kappa shape index (κ1) is 15.8.